The normalized spacial score (nSPS) is 11.1. The van der Waals surface area contributed by atoms with Crippen molar-refractivity contribution in [1.82, 2.24) is 19.1 Å². The Morgan fingerprint density at radius 2 is 1.80 bits per heavy atom. The van der Waals surface area contributed by atoms with Crippen molar-refractivity contribution in [3.63, 3.8) is 0 Å². The van der Waals surface area contributed by atoms with Crippen LogP contribution in [0.1, 0.15) is 21.6 Å². The number of methoxy groups -OCH3 is 1. The fourth-order valence-corrected chi connectivity index (χ4v) is 3.46. The van der Waals surface area contributed by atoms with Gasteiger partial charge in [0.15, 0.2) is 17.2 Å². The van der Waals surface area contributed by atoms with E-state index in [9.17, 15) is 9.59 Å². The van der Waals surface area contributed by atoms with E-state index in [-0.39, 0.29) is 22.7 Å². The summed E-state index contributed by atoms with van der Waals surface area (Å²) in [5.74, 6) is 0.0478. The number of nitrogens with two attached hydrogens (primary N) is 1. The zero-order chi connectivity index (χ0) is 21.6. The number of aromatic nitrogens is 4. The van der Waals surface area contributed by atoms with Gasteiger partial charge in [0.05, 0.1) is 18.4 Å². The Balaban J connectivity index is 2.13. The van der Waals surface area contributed by atoms with Crippen LogP contribution in [0, 0.1) is 13.8 Å². The summed E-state index contributed by atoms with van der Waals surface area (Å²) in [6.45, 7) is 3.97. The lowest BCUT2D eigenvalue weighted by Gasteiger charge is -2.10. The van der Waals surface area contributed by atoms with Crippen LogP contribution in [0.3, 0.4) is 0 Å². The average molecular weight is 403 g/mol. The van der Waals surface area contributed by atoms with Gasteiger partial charge in [0.2, 0.25) is 0 Å². The molecule has 0 aliphatic carbocycles. The number of fused-ring (bicyclic) bond motifs is 1. The molecule has 0 atom stereocenters. The van der Waals surface area contributed by atoms with Gasteiger partial charge in [-0.3, -0.25) is 9.36 Å². The molecule has 0 saturated heterocycles. The zero-order valence-corrected chi connectivity index (χ0v) is 17.1. The van der Waals surface area contributed by atoms with Crippen molar-refractivity contribution in [2.75, 3.05) is 7.11 Å². The highest BCUT2D eigenvalue weighted by molar-refractivity contribution is 6.02. The summed E-state index contributed by atoms with van der Waals surface area (Å²) < 4.78 is 8.23. The lowest BCUT2D eigenvalue weighted by Crippen LogP contribution is -2.21. The first kappa shape index (κ1) is 19.4. The SMILES string of the molecule is COc1ccccc1-c1nc(C(N)=O)c2c(n1)n(-c1ccc(C)c(C)c1)c(=O)n2C. The van der Waals surface area contributed by atoms with E-state index >= 15 is 0 Å². The van der Waals surface area contributed by atoms with Crippen LogP contribution in [-0.2, 0) is 7.05 Å². The number of ether oxygens (including phenoxy) is 1. The van der Waals surface area contributed by atoms with Crippen molar-refractivity contribution in [1.29, 1.82) is 0 Å². The van der Waals surface area contributed by atoms with Gasteiger partial charge in [-0.25, -0.2) is 19.3 Å². The first-order valence-electron chi connectivity index (χ1n) is 9.33. The first-order valence-corrected chi connectivity index (χ1v) is 9.33. The molecule has 2 aromatic heterocycles. The van der Waals surface area contributed by atoms with E-state index in [4.69, 9.17) is 10.5 Å². The van der Waals surface area contributed by atoms with E-state index in [0.29, 0.717) is 22.6 Å². The van der Waals surface area contributed by atoms with Gasteiger partial charge in [-0.15, -0.1) is 0 Å². The van der Waals surface area contributed by atoms with Crippen molar-refractivity contribution in [3.05, 3.63) is 69.8 Å². The van der Waals surface area contributed by atoms with Crippen LogP contribution in [0.15, 0.2) is 47.3 Å². The van der Waals surface area contributed by atoms with Gasteiger partial charge in [0.25, 0.3) is 5.91 Å². The Labute approximate surface area is 172 Å². The van der Waals surface area contributed by atoms with Gasteiger partial charge in [-0.1, -0.05) is 18.2 Å². The summed E-state index contributed by atoms with van der Waals surface area (Å²) in [4.78, 5) is 34.4. The molecule has 1 amide bonds. The Morgan fingerprint density at radius 1 is 1.07 bits per heavy atom. The largest absolute Gasteiger partial charge is 0.496 e. The molecular formula is C22H21N5O3. The third-order valence-electron chi connectivity index (χ3n) is 5.22. The molecule has 4 aromatic rings. The number of hydrogen-bond acceptors (Lipinski definition) is 5. The first-order chi connectivity index (χ1) is 14.3. The molecule has 0 fully saturated rings. The minimum atomic E-state index is -0.744. The van der Waals surface area contributed by atoms with E-state index < -0.39 is 5.91 Å². The van der Waals surface area contributed by atoms with E-state index in [1.807, 2.05) is 44.2 Å². The molecule has 2 heterocycles. The summed E-state index contributed by atoms with van der Waals surface area (Å²) in [6, 6.07) is 12.9. The van der Waals surface area contributed by atoms with Crippen LogP contribution in [0.5, 0.6) is 5.75 Å². The molecule has 0 radical (unpaired) electrons. The van der Waals surface area contributed by atoms with Crippen molar-refractivity contribution < 1.29 is 9.53 Å². The Morgan fingerprint density at radius 3 is 2.47 bits per heavy atom. The number of amides is 1. The Hall–Kier alpha value is -3.94. The summed E-state index contributed by atoms with van der Waals surface area (Å²) in [5, 5.41) is 0. The highest BCUT2D eigenvalue weighted by Gasteiger charge is 2.23. The molecule has 8 nitrogen and oxygen atoms in total. The third kappa shape index (κ3) is 2.93. The molecule has 30 heavy (non-hydrogen) atoms. The molecule has 0 spiro atoms. The van der Waals surface area contributed by atoms with E-state index in [2.05, 4.69) is 9.97 Å². The number of benzene rings is 2. The van der Waals surface area contributed by atoms with Crippen molar-refractivity contribution in [3.8, 4) is 22.8 Å². The second-order valence-corrected chi connectivity index (χ2v) is 7.08. The standard InChI is InChI=1S/C22H21N5O3/c1-12-9-10-14(11-13(12)2)27-21-18(26(3)22(27)29)17(19(23)28)24-20(25-21)15-7-5-6-8-16(15)30-4/h5-11H,1-4H3,(H2,23,28). The maximum Gasteiger partial charge on any atom is 0.334 e. The van der Waals surface area contributed by atoms with Crippen LogP contribution in [0.2, 0.25) is 0 Å². The van der Waals surface area contributed by atoms with E-state index in [1.54, 1.807) is 26.3 Å². The van der Waals surface area contributed by atoms with Crippen molar-refractivity contribution in [2.45, 2.75) is 13.8 Å². The van der Waals surface area contributed by atoms with Crippen LogP contribution in [-0.4, -0.2) is 32.1 Å². The lowest BCUT2D eigenvalue weighted by molar-refractivity contribution is 0.0997. The van der Waals surface area contributed by atoms with Crippen LogP contribution >= 0.6 is 0 Å². The average Bonchev–Trinajstić information content (AvgIpc) is 2.99. The maximum absolute atomic E-state index is 13.1. The Kier molecular flexibility index (Phi) is 4.62. The number of imidazole rings is 1. The monoisotopic (exact) mass is 403 g/mol. The number of carbonyl (C=O) groups is 1. The van der Waals surface area contributed by atoms with Crippen LogP contribution < -0.4 is 16.2 Å². The molecule has 0 saturated carbocycles. The van der Waals surface area contributed by atoms with Gasteiger partial charge in [-0.05, 0) is 49.2 Å². The second kappa shape index (κ2) is 7.14. The van der Waals surface area contributed by atoms with Crippen molar-refractivity contribution in [2.24, 2.45) is 12.8 Å². The number of aryl methyl sites for hydroxylation is 3. The van der Waals surface area contributed by atoms with E-state index in [0.717, 1.165) is 11.1 Å². The molecule has 2 aromatic carbocycles. The second-order valence-electron chi connectivity index (χ2n) is 7.08. The maximum atomic E-state index is 13.1. The van der Waals surface area contributed by atoms with Gasteiger partial charge < -0.3 is 10.5 Å². The van der Waals surface area contributed by atoms with Gasteiger partial charge >= 0.3 is 5.69 Å². The molecule has 0 bridgehead atoms. The van der Waals surface area contributed by atoms with Gasteiger partial charge in [0, 0.05) is 7.05 Å². The number of nitrogens with zero attached hydrogens (tertiary/aromatic N) is 4. The highest BCUT2D eigenvalue weighted by atomic mass is 16.5. The number of primary amides is 1. The summed E-state index contributed by atoms with van der Waals surface area (Å²) >= 11 is 0. The van der Waals surface area contributed by atoms with Crippen LogP contribution in [0.4, 0.5) is 0 Å². The van der Waals surface area contributed by atoms with Crippen molar-refractivity contribution >= 4 is 17.1 Å². The fraction of sp³-hybridized carbons (Fsp3) is 0.182. The van der Waals surface area contributed by atoms with Gasteiger partial charge in [0.1, 0.15) is 11.3 Å². The lowest BCUT2D eigenvalue weighted by atomic mass is 10.1. The number of para-hydroxylation sites is 1. The molecule has 2 N–H and O–H groups in total. The van der Waals surface area contributed by atoms with E-state index in [1.165, 1.54) is 9.13 Å². The molecule has 0 aliphatic heterocycles. The molecule has 8 heteroatoms. The quantitative estimate of drug-likeness (QED) is 0.564. The minimum Gasteiger partial charge on any atom is -0.496 e. The third-order valence-corrected chi connectivity index (χ3v) is 5.22. The minimum absolute atomic E-state index is 0.0249. The molecule has 152 valence electrons. The number of rotatable bonds is 4. The number of hydrogen-bond donors (Lipinski definition) is 1. The zero-order valence-electron chi connectivity index (χ0n) is 17.1. The highest BCUT2D eigenvalue weighted by Crippen LogP contribution is 2.29. The molecule has 0 aliphatic rings. The van der Waals surface area contributed by atoms with Crippen LogP contribution in [0.25, 0.3) is 28.2 Å². The predicted octanol–water partition coefficient (Wildman–Crippen LogP) is 2.51. The molecular weight excluding hydrogens is 382 g/mol. The topological polar surface area (TPSA) is 105 Å². The summed E-state index contributed by atoms with van der Waals surface area (Å²) in [7, 11) is 3.11. The van der Waals surface area contributed by atoms with Gasteiger partial charge in [-0.2, -0.15) is 0 Å². The Bertz CT molecular complexity index is 1370. The summed E-state index contributed by atoms with van der Waals surface area (Å²) in [6.07, 6.45) is 0. The smallest absolute Gasteiger partial charge is 0.334 e. The predicted molar refractivity (Wildman–Crippen MR) is 114 cm³/mol. The summed E-state index contributed by atoms with van der Waals surface area (Å²) in [5.41, 5.74) is 9.21. The molecule has 0 unspecified atom stereocenters. The number of carbonyl (C=O) groups excluding carboxylic acids is 1. The molecule has 4 rings (SSSR count). The fourth-order valence-electron chi connectivity index (χ4n) is 3.46.